The van der Waals surface area contributed by atoms with E-state index in [2.05, 4.69) is 12.6 Å². The Labute approximate surface area is 67.4 Å². The average molecular weight is 173 g/mol. The Morgan fingerprint density at radius 2 is 2.18 bits per heavy atom. The molecule has 0 N–H and O–H groups in total. The molecular weight excluding hydrogens is 169 g/mol. The molecule has 58 valence electrons. The zero-order valence-electron chi connectivity index (χ0n) is 5.32. The van der Waals surface area contributed by atoms with Crippen molar-refractivity contribution in [2.75, 3.05) is 0 Å². The van der Waals surface area contributed by atoms with Crippen LogP contribution in [0.5, 0.6) is 0 Å². The number of benzene rings is 1. The molecule has 1 aromatic carbocycles. The normalized spacial score (nSPS) is 9.64. The van der Waals surface area contributed by atoms with E-state index in [0.29, 0.717) is 0 Å². The molecule has 0 aromatic heterocycles. The second-order valence-corrected chi connectivity index (χ2v) is 2.37. The van der Waals surface area contributed by atoms with Gasteiger partial charge < -0.3 is 0 Å². The Balaban J connectivity index is 3.15. The molecule has 5 heteroatoms. The lowest BCUT2D eigenvalue weighted by molar-refractivity contribution is -0.385. The van der Waals surface area contributed by atoms with Crippen LogP contribution in [0, 0.1) is 15.9 Å². The first-order valence-corrected chi connectivity index (χ1v) is 3.19. The highest BCUT2D eigenvalue weighted by Gasteiger charge is 2.07. The number of hydrogen-bond acceptors (Lipinski definition) is 3. The summed E-state index contributed by atoms with van der Waals surface area (Å²) in [5.74, 6) is -0.557. The molecule has 0 radical (unpaired) electrons. The van der Waals surface area contributed by atoms with Gasteiger partial charge in [-0.2, -0.15) is 0 Å². The number of thiol groups is 1. The van der Waals surface area contributed by atoms with Gasteiger partial charge in [0, 0.05) is 17.0 Å². The minimum absolute atomic E-state index is 0.0146. The number of halogens is 1. The predicted molar refractivity (Wildman–Crippen MR) is 40.3 cm³/mol. The monoisotopic (exact) mass is 173 g/mol. The standard InChI is InChI=1S/C6H4FNO2S/c7-5-2-1-4(8(9)10)3-6(5)11/h1-3,11H. The molecule has 0 saturated heterocycles. The van der Waals surface area contributed by atoms with Crippen LogP contribution in [0.1, 0.15) is 0 Å². The van der Waals surface area contributed by atoms with Crippen LogP contribution >= 0.6 is 12.6 Å². The molecule has 0 saturated carbocycles. The predicted octanol–water partition coefficient (Wildman–Crippen LogP) is 2.02. The molecule has 0 unspecified atom stereocenters. The number of non-ortho nitro benzene ring substituents is 1. The van der Waals surface area contributed by atoms with Gasteiger partial charge in [0.1, 0.15) is 5.82 Å². The largest absolute Gasteiger partial charge is 0.270 e. The summed E-state index contributed by atoms with van der Waals surface area (Å²) in [6.07, 6.45) is 0. The van der Waals surface area contributed by atoms with E-state index in [1.165, 1.54) is 0 Å². The van der Waals surface area contributed by atoms with Crippen LogP contribution in [0.25, 0.3) is 0 Å². The van der Waals surface area contributed by atoms with Gasteiger partial charge in [-0.05, 0) is 6.07 Å². The smallest absolute Gasteiger partial charge is 0.258 e. The molecule has 1 aromatic rings. The van der Waals surface area contributed by atoms with E-state index in [1.807, 2.05) is 0 Å². The van der Waals surface area contributed by atoms with Gasteiger partial charge in [0.2, 0.25) is 0 Å². The zero-order chi connectivity index (χ0) is 8.43. The van der Waals surface area contributed by atoms with E-state index in [-0.39, 0.29) is 10.6 Å². The van der Waals surface area contributed by atoms with E-state index in [4.69, 9.17) is 0 Å². The number of nitrogens with zero attached hydrogens (tertiary/aromatic N) is 1. The first-order chi connectivity index (χ1) is 5.11. The Morgan fingerprint density at radius 1 is 1.55 bits per heavy atom. The van der Waals surface area contributed by atoms with Crippen molar-refractivity contribution in [3.63, 3.8) is 0 Å². The summed E-state index contributed by atoms with van der Waals surface area (Å²) < 4.78 is 12.5. The fourth-order valence-electron chi connectivity index (χ4n) is 0.615. The Morgan fingerprint density at radius 3 is 2.64 bits per heavy atom. The molecular formula is C6H4FNO2S. The highest BCUT2D eigenvalue weighted by molar-refractivity contribution is 7.80. The first kappa shape index (κ1) is 8.00. The van der Waals surface area contributed by atoms with Crippen molar-refractivity contribution in [2.24, 2.45) is 0 Å². The third-order valence-electron chi connectivity index (χ3n) is 1.14. The first-order valence-electron chi connectivity index (χ1n) is 2.74. The molecule has 0 fully saturated rings. The molecule has 0 aliphatic heterocycles. The number of hydrogen-bond donors (Lipinski definition) is 1. The SMILES string of the molecule is O=[N+]([O-])c1ccc(F)c(S)c1. The molecule has 11 heavy (non-hydrogen) atoms. The lowest BCUT2D eigenvalue weighted by Crippen LogP contribution is -1.88. The summed E-state index contributed by atoms with van der Waals surface area (Å²) >= 11 is 3.68. The zero-order valence-corrected chi connectivity index (χ0v) is 6.22. The Hall–Kier alpha value is -1.10. The van der Waals surface area contributed by atoms with Gasteiger partial charge in [0.05, 0.1) is 4.92 Å². The fourth-order valence-corrected chi connectivity index (χ4v) is 0.821. The molecule has 0 aliphatic rings. The second kappa shape index (κ2) is 2.87. The maximum absolute atomic E-state index is 12.5. The number of rotatable bonds is 1. The van der Waals surface area contributed by atoms with E-state index < -0.39 is 10.7 Å². The molecule has 0 bridgehead atoms. The van der Waals surface area contributed by atoms with Gasteiger partial charge in [-0.1, -0.05) is 0 Å². The lowest BCUT2D eigenvalue weighted by atomic mass is 10.3. The average Bonchev–Trinajstić information content (AvgIpc) is 1.94. The molecule has 0 heterocycles. The van der Waals surface area contributed by atoms with Gasteiger partial charge >= 0.3 is 0 Å². The van der Waals surface area contributed by atoms with Crippen molar-refractivity contribution in [3.8, 4) is 0 Å². The van der Waals surface area contributed by atoms with Crippen molar-refractivity contribution in [2.45, 2.75) is 4.90 Å². The van der Waals surface area contributed by atoms with E-state index in [1.54, 1.807) is 0 Å². The van der Waals surface area contributed by atoms with Crippen LogP contribution in [-0.4, -0.2) is 4.92 Å². The van der Waals surface area contributed by atoms with Crippen molar-refractivity contribution >= 4 is 18.3 Å². The minimum Gasteiger partial charge on any atom is -0.258 e. The van der Waals surface area contributed by atoms with Gasteiger partial charge in [0.25, 0.3) is 5.69 Å². The maximum Gasteiger partial charge on any atom is 0.270 e. The fraction of sp³-hybridized carbons (Fsp3) is 0. The van der Waals surface area contributed by atoms with Crippen LogP contribution < -0.4 is 0 Å². The van der Waals surface area contributed by atoms with Crippen molar-refractivity contribution < 1.29 is 9.31 Å². The van der Waals surface area contributed by atoms with Crippen molar-refractivity contribution in [3.05, 3.63) is 34.1 Å². The summed E-state index contributed by atoms with van der Waals surface area (Å²) in [5.41, 5.74) is -0.156. The summed E-state index contributed by atoms with van der Waals surface area (Å²) in [7, 11) is 0. The Kier molecular flexibility index (Phi) is 2.09. The maximum atomic E-state index is 12.5. The van der Waals surface area contributed by atoms with Crippen LogP contribution in [0.4, 0.5) is 10.1 Å². The molecule has 0 aliphatic carbocycles. The lowest BCUT2D eigenvalue weighted by Gasteiger charge is -1.93. The van der Waals surface area contributed by atoms with E-state index in [0.717, 1.165) is 18.2 Å². The van der Waals surface area contributed by atoms with Gasteiger partial charge in [-0.15, -0.1) is 12.6 Å². The highest BCUT2D eigenvalue weighted by atomic mass is 32.1. The van der Waals surface area contributed by atoms with Gasteiger partial charge in [0.15, 0.2) is 0 Å². The third-order valence-corrected chi connectivity index (χ3v) is 1.48. The summed E-state index contributed by atoms with van der Waals surface area (Å²) in [5, 5.41) is 10.1. The molecule has 1 rings (SSSR count). The van der Waals surface area contributed by atoms with Crippen LogP contribution in [0.2, 0.25) is 0 Å². The van der Waals surface area contributed by atoms with E-state index in [9.17, 15) is 14.5 Å². The van der Waals surface area contributed by atoms with Gasteiger partial charge in [-0.25, -0.2) is 4.39 Å². The van der Waals surface area contributed by atoms with Crippen molar-refractivity contribution in [1.82, 2.24) is 0 Å². The topological polar surface area (TPSA) is 43.1 Å². The van der Waals surface area contributed by atoms with Crippen molar-refractivity contribution in [1.29, 1.82) is 0 Å². The highest BCUT2D eigenvalue weighted by Crippen LogP contribution is 2.18. The second-order valence-electron chi connectivity index (χ2n) is 1.89. The molecule has 0 atom stereocenters. The van der Waals surface area contributed by atoms with Gasteiger partial charge in [-0.3, -0.25) is 10.1 Å². The summed E-state index contributed by atoms with van der Waals surface area (Å²) in [6, 6.07) is 3.17. The summed E-state index contributed by atoms with van der Waals surface area (Å²) in [6.45, 7) is 0. The van der Waals surface area contributed by atoms with Crippen LogP contribution in [0.3, 0.4) is 0 Å². The summed E-state index contributed by atoms with van der Waals surface area (Å²) in [4.78, 5) is 9.50. The number of nitro benzene ring substituents is 1. The van der Waals surface area contributed by atoms with Crippen LogP contribution in [-0.2, 0) is 0 Å². The quantitative estimate of drug-likeness (QED) is 0.401. The molecule has 0 amide bonds. The third kappa shape index (κ3) is 1.68. The number of nitro groups is 1. The molecule has 3 nitrogen and oxygen atoms in total. The molecule has 0 spiro atoms. The minimum atomic E-state index is -0.598. The van der Waals surface area contributed by atoms with Crippen LogP contribution in [0.15, 0.2) is 23.1 Å². The van der Waals surface area contributed by atoms with E-state index >= 15 is 0 Å². The Bertz CT molecular complexity index is 303.